The number of benzene rings is 1. The molecule has 0 aliphatic carbocycles. The van der Waals surface area contributed by atoms with Crippen molar-refractivity contribution in [1.29, 1.82) is 0 Å². The maximum atomic E-state index is 5.51. The molecule has 2 aromatic rings. The van der Waals surface area contributed by atoms with Gasteiger partial charge in [-0.1, -0.05) is 43.8 Å². The van der Waals surface area contributed by atoms with Crippen LogP contribution in [0.15, 0.2) is 35.3 Å². The smallest absolute Gasteiger partial charge is 0.136 e. The summed E-state index contributed by atoms with van der Waals surface area (Å²) in [5, 5.41) is 3.29. The van der Waals surface area contributed by atoms with E-state index in [4.69, 9.17) is 12.2 Å². The Balaban J connectivity index is 2.30. The van der Waals surface area contributed by atoms with E-state index in [9.17, 15) is 0 Å². The zero-order valence-corrected chi connectivity index (χ0v) is 12.2. The highest BCUT2D eigenvalue weighted by molar-refractivity contribution is 7.71. The summed E-state index contributed by atoms with van der Waals surface area (Å²) < 4.78 is 2.70. The molecule has 0 spiro atoms. The fourth-order valence-corrected chi connectivity index (χ4v) is 2.23. The minimum absolute atomic E-state index is 0.781. The maximum Gasteiger partial charge on any atom is 0.136 e. The van der Waals surface area contributed by atoms with Gasteiger partial charge < -0.3 is 0 Å². The third kappa shape index (κ3) is 3.20. The van der Waals surface area contributed by atoms with Crippen LogP contribution in [0.5, 0.6) is 0 Å². The third-order valence-electron chi connectivity index (χ3n) is 2.99. The standard InChI is InChI=1S/C15H19N3S/c1-3-4-10-16-11-14-12(2)17-18(15(14)19)13-8-6-5-7-9-13/h5-9,11,17H,3-4,10H2,1-2H3/b16-11-. The van der Waals surface area contributed by atoms with Crippen LogP contribution in [-0.2, 0) is 0 Å². The van der Waals surface area contributed by atoms with Crippen LogP contribution >= 0.6 is 12.2 Å². The second-order valence-corrected chi connectivity index (χ2v) is 4.90. The van der Waals surface area contributed by atoms with Gasteiger partial charge in [0.25, 0.3) is 0 Å². The summed E-state index contributed by atoms with van der Waals surface area (Å²) in [6.07, 6.45) is 4.17. The summed E-state index contributed by atoms with van der Waals surface area (Å²) in [4.78, 5) is 4.44. The van der Waals surface area contributed by atoms with Gasteiger partial charge >= 0.3 is 0 Å². The van der Waals surface area contributed by atoms with Crippen LogP contribution in [0, 0.1) is 11.6 Å². The number of rotatable bonds is 5. The zero-order valence-electron chi connectivity index (χ0n) is 11.4. The molecule has 1 aromatic heterocycles. The van der Waals surface area contributed by atoms with E-state index in [0.717, 1.165) is 41.0 Å². The topological polar surface area (TPSA) is 33.1 Å². The molecule has 0 aliphatic rings. The van der Waals surface area contributed by atoms with Gasteiger partial charge in [0.15, 0.2) is 0 Å². The van der Waals surface area contributed by atoms with Crippen molar-refractivity contribution in [2.45, 2.75) is 26.7 Å². The number of aromatic nitrogens is 2. The summed E-state index contributed by atoms with van der Waals surface area (Å²) in [6.45, 7) is 5.05. The Morgan fingerprint density at radius 2 is 2.05 bits per heavy atom. The Morgan fingerprint density at radius 1 is 1.32 bits per heavy atom. The molecular weight excluding hydrogens is 254 g/mol. The Bertz CT molecular complexity index is 608. The largest absolute Gasteiger partial charge is 0.297 e. The molecule has 3 nitrogen and oxygen atoms in total. The van der Waals surface area contributed by atoms with E-state index < -0.39 is 0 Å². The predicted molar refractivity (Wildman–Crippen MR) is 83.1 cm³/mol. The highest BCUT2D eigenvalue weighted by Crippen LogP contribution is 2.13. The van der Waals surface area contributed by atoms with E-state index in [1.807, 2.05) is 48.2 Å². The molecule has 1 aromatic carbocycles. The second kappa shape index (κ2) is 6.48. The molecule has 19 heavy (non-hydrogen) atoms. The molecule has 4 heteroatoms. The second-order valence-electron chi connectivity index (χ2n) is 4.52. The molecule has 0 aliphatic heterocycles. The molecule has 0 atom stereocenters. The van der Waals surface area contributed by atoms with Crippen LogP contribution in [0.2, 0.25) is 0 Å². The van der Waals surface area contributed by atoms with Crippen molar-refractivity contribution < 1.29 is 0 Å². The number of aromatic amines is 1. The Labute approximate surface area is 119 Å². The minimum atomic E-state index is 0.781. The number of nitrogens with zero attached hydrogens (tertiary/aromatic N) is 2. The molecule has 1 N–H and O–H groups in total. The van der Waals surface area contributed by atoms with Crippen molar-refractivity contribution in [3.05, 3.63) is 46.2 Å². The molecule has 0 radical (unpaired) electrons. The summed E-state index contributed by atoms with van der Waals surface area (Å²) in [7, 11) is 0. The molecule has 100 valence electrons. The normalized spacial score (nSPS) is 11.3. The Morgan fingerprint density at radius 3 is 2.74 bits per heavy atom. The third-order valence-corrected chi connectivity index (χ3v) is 3.40. The number of para-hydroxylation sites is 1. The van der Waals surface area contributed by atoms with E-state index in [0.29, 0.717) is 0 Å². The highest BCUT2D eigenvalue weighted by atomic mass is 32.1. The first-order chi connectivity index (χ1) is 9.24. The molecular formula is C15H19N3S. The first-order valence-electron chi connectivity index (χ1n) is 6.61. The first kappa shape index (κ1) is 13.7. The lowest BCUT2D eigenvalue weighted by Crippen LogP contribution is -1.95. The number of unbranched alkanes of at least 4 members (excludes halogenated alkanes) is 1. The van der Waals surface area contributed by atoms with Gasteiger partial charge in [-0.25, -0.2) is 4.68 Å². The Hall–Kier alpha value is -1.68. The van der Waals surface area contributed by atoms with Crippen molar-refractivity contribution in [1.82, 2.24) is 9.78 Å². The molecule has 0 unspecified atom stereocenters. The van der Waals surface area contributed by atoms with E-state index in [-0.39, 0.29) is 0 Å². The van der Waals surface area contributed by atoms with Crippen molar-refractivity contribution in [2.75, 3.05) is 6.54 Å². The van der Waals surface area contributed by atoms with Crippen LogP contribution in [0.25, 0.3) is 5.69 Å². The number of hydrogen-bond acceptors (Lipinski definition) is 2. The van der Waals surface area contributed by atoms with E-state index in [2.05, 4.69) is 17.0 Å². The van der Waals surface area contributed by atoms with Crippen molar-refractivity contribution in [3.8, 4) is 5.69 Å². The van der Waals surface area contributed by atoms with Crippen molar-refractivity contribution >= 4 is 18.4 Å². The summed E-state index contributed by atoms with van der Waals surface area (Å²) in [6, 6.07) is 10.1. The van der Waals surface area contributed by atoms with Gasteiger partial charge in [0.2, 0.25) is 0 Å². The van der Waals surface area contributed by atoms with Crippen LogP contribution in [0.4, 0.5) is 0 Å². The number of hydrogen-bond donors (Lipinski definition) is 1. The SMILES string of the molecule is CCCC/N=C\c1c(C)[nH]n(-c2ccccc2)c1=S. The van der Waals surface area contributed by atoms with Crippen LogP contribution in [0.3, 0.4) is 0 Å². The summed E-state index contributed by atoms with van der Waals surface area (Å²) in [5.74, 6) is 0. The van der Waals surface area contributed by atoms with Gasteiger partial charge in [-0.3, -0.25) is 10.1 Å². The lowest BCUT2D eigenvalue weighted by Gasteiger charge is -2.01. The number of nitrogens with one attached hydrogen (secondary N) is 1. The van der Waals surface area contributed by atoms with Crippen LogP contribution < -0.4 is 0 Å². The van der Waals surface area contributed by atoms with Crippen molar-refractivity contribution in [2.24, 2.45) is 4.99 Å². The number of aryl methyl sites for hydroxylation is 1. The molecule has 0 saturated heterocycles. The van der Waals surface area contributed by atoms with Gasteiger partial charge in [0, 0.05) is 24.0 Å². The molecule has 0 saturated carbocycles. The quantitative estimate of drug-likeness (QED) is 0.497. The maximum absolute atomic E-state index is 5.51. The molecule has 1 heterocycles. The average Bonchev–Trinajstić information content (AvgIpc) is 2.72. The van der Waals surface area contributed by atoms with E-state index >= 15 is 0 Å². The van der Waals surface area contributed by atoms with Gasteiger partial charge in [0.1, 0.15) is 4.64 Å². The lowest BCUT2D eigenvalue weighted by molar-refractivity contribution is 0.810. The average molecular weight is 273 g/mol. The van der Waals surface area contributed by atoms with Gasteiger partial charge in [-0.2, -0.15) is 0 Å². The number of aliphatic imine (C=N–C) groups is 1. The summed E-state index contributed by atoms with van der Waals surface area (Å²) >= 11 is 5.51. The molecule has 2 rings (SSSR count). The van der Waals surface area contributed by atoms with Crippen LogP contribution in [0.1, 0.15) is 31.0 Å². The van der Waals surface area contributed by atoms with E-state index in [1.54, 1.807) is 0 Å². The number of H-pyrrole nitrogens is 1. The zero-order chi connectivity index (χ0) is 13.7. The van der Waals surface area contributed by atoms with Gasteiger partial charge in [-0.15, -0.1) is 0 Å². The monoisotopic (exact) mass is 273 g/mol. The minimum Gasteiger partial charge on any atom is -0.297 e. The van der Waals surface area contributed by atoms with E-state index in [1.165, 1.54) is 0 Å². The lowest BCUT2D eigenvalue weighted by atomic mass is 10.3. The molecule has 0 bridgehead atoms. The van der Waals surface area contributed by atoms with Crippen LogP contribution in [-0.4, -0.2) is 22.5 Å². The molecule has 0 amide bonds. The van der Waals surface area contributed by atoms with Crippen molar-refractivity contribution in [3.63, 3.8) is 0 Å². The molecule has 0 fully saturated rings. The summed E-state index contributed by atoms with van der Waals surface area (Å²) in [5.41, 5.74) is 3.10. The van der Waals surface area contributed by atoms with Gasteiger partial charge in [0.05, 0.1) is 5.69 Å². The fraction of sp³-hybridized carbons (Fsp3) is 0.333. The predicted octanol–water partition coefficient (Wildman–Crippen LogP) is 4.06. The van der Waals surface area contributed by atoms with Gasteiger partial charge in [-0.05, 0) is 25.5 Å². The Kier molecular flexibility index (Phi) is 4.68. The first-order valence-corrected chi connectivity index (χ1v) is 7.01. The fourth-order valence-electron chi connectivity index (χ4n) is 1.88. The highest BCUT2D eigenvalue weighted by Gasteiger charge is 2.06.